The van der Waals surface area contributed by atoms with Gasteiger partial charge >= 0.3 is 0 Å². The normalized spacial score (nSPS) is 22.2. The highest BCUT2D eigenvalue weighted by Gasteiger charge is 2.27. The highest BCUT2D eigenvalue weighted by molar-refractivity contribution is 5.79. The topological polar surface area (TPSA) is 61.6 Å². The van der Waals surface area contributed by atoms with Gasteiger partial charge in [-0.2, -0.15) is 4.98 Å². The second kappa shape index (κ2) is 10.2. The number of nitrogens with one attached hydrogen (secondary N) is 1. The molecule has 0 spiro atoms. The lowest BCUT2D eigenvalue weighted by molar-refractivity contribution is -0.125. The molecule has 180 valence electrons. The van der Waals surface area contributed by atoms with E-state index in [2.05, 4.69) is 58.2 Å². The van der Waals surface area contributed by atoms with E-state index in [0.717, 1.165) is 61.0 Å². The van der Waals surface area contributed by atoms with Crippen LogP contribution in [0.4, 0.5) is 6.01 Å². The summed E-state index contributed by atoms with van der Waals surface area (Å²) in [4.78, 5) is 22.1. The highest BCUT2D eigenvalue weighted by atomic mass is 16.4. The predicted octanol–water partition coefficient (Wildman–Crippen LogP) is 4.84. The molecule has 2 atom stereocenters. The number of para-hydroxylation sites is 2. The number of amides is 1. The van der Waals surface area contributed by atoms with Crippen LogP contribution in [0.1, 0.15) is 44.2 Å². The number of piperidine rings is 2. The van der Waals surface area contributed by atoms with Crippen LogP contribution in [-0.2, 0) is 17.9 Å². The fourth-order valence-electron chi connectivity index (χ4n) is 5.60. The number of hydrogen-bond acceptors (Lipinski definition) is 5. The molecule has 0 bridgehead atoms. The van der Waals surface area contributed by atoms with Gasteiger partial charge in [-0.05, 0) is 54.4 Å². The molecule has 1 N–H and O–H groups in total. The number of fused-ring (bicyclic) bond motifs is 1. The van der Waals surface area contributed by atoms with Crippen LogP contribution in [0.3, 0.4) is 0 Å². The number of oxazole rings is 1. The quantitative estimate of drug-likeness (QED) is 0.570. The molecule has 2 aromatic carbocycles. The lowest BCUT2D eigenvalue weighted by Crippen LogP contribution is -2.40. The highest BCUT2D eigenvalue weighted by Crippen LogP contribution is 2.26. The fourth-order valence-corrected chi connectivity index (χ4v) is 5.60. The van der Waals surface area contributed by atoms with Gasteiger partial charge in [-0.3, -0.25) is 9.69 Å². The van der Waals surface area contributed by atoms with Gasteiger partial charge in [-0.15, -0.1) is 0 Å². The first-order valence-corrected chi connectivity index (χ1v) is 12.7. The Kier molecular flexibility index (Phi) is 6.86. The molecule has 0 aliphatic carbocycles. The van der Waals surface area contributed by atoms with Gasteiger partial charge in [0, 0.05) is 45.2 Å². The first-order chi connectivity index (χ1) is 16.5. The molecule has 1 amide bonds. The molecule has 2 aliphatic rings. The molecule has 0 saturated carbocycles. The molecular weight excluding hydrogens is 424 g/mol. The van der Waals surface area contributed by atoms with E-state index >= 15 is 0 Å². The largest absolute Gasteiger partial charge is 0.423 e. The van der Waals surface area contributed by atoms with E-state index in [-0.39, 0.29) is 11.8 Å². The summed E-state index contributed by atoms with van der Waals surface area (Å²) in [6.45, 7) is 10.3. The van der Waals surface area contributed by atoms with Crippen molar-refractivity contribution in [2.45, 2.75) is 46.2 Å². The van der Waals surface area contributed by atoms with Crippen molar-refractivity contribution in [3.63, 3.8) is 0 Å². The molecule has 2 unspecified atom stereocenters. The van der Waals surface area contributed by atoms with Crippen LogP contribution in [-0.4, -0.2) is 42.0 Å². The standard InChI is InChI=1S/C28H36N4O2/c1-20-15-21(2)18-31(17-20)19-23-9-7-22(8-10-23)16-29-27(33)24-11-13-32(14-12-24)28-30-25-5-3-4-6-26(25)34-28/h3-10,20-21,24H,11-19H2,1-2H3,(H,29,33). The molecule has 0 radical (unpaired) electrons. The Bertz CT molecular complexity index is 1060. The van der Waals surface area contributed by atoms with E-state index in [9.17, 15) is 4.79 Å². The molecule has 3 heterocycles. The summed E-state index contributed by atoms with van der Waals surface area (Å²) < 4.78 is 5.89. The minimum atomic E-state index is 0.0444. The summed E-state index contributed by atoms with van der Waals surface area (Å²) in [6, 6.07) is 17.2. The van der Waals surface area contributed by atoms with Gasteiger partial charge in [0.2, 0.25) is 5.91 Å². The van der Waals surface area contributed by atoms with Crippen molar-refractivity contribution in [3.05, 3.63) is 59.7 Å². The van der Waals surface area contributed by atoms with Crippen LogP contribution in [0.25, 0.3) is 11.1 Å². The average Bonchev–Trinajstić information content (AvgIpc) is 3.27. The molecular formula is C28H36N4O2. The van der Waals surface area contributed by atoms with Gasteiger partial charge < -0.3 is 14.6 Å². The van der Waals surface area contributed by atoms with Gasteiger partial charge in [0.25, 0.3) is 6.01 Å². The third kappa shape index (κ3) is 5.44. The molecule has 6 nitrogen and oxygen atoms in total. The number of hydrogen-bond donors (Lipinski definition) is 1. The first-order valence-electron chi connectivity index (χ1n) is 12.7. The van der Waals surface area contributed by atoms with Crippen molar-refractivity contribution < 1.29 is 9.21 Å². The van der Waals surface area contributed by atoms with Crippen LogP contribution in [0, 0.1) is 17.8 Å². The Morgan fingerprint density at radius 2 is 1.68 bits per heavy atom. The number of benzene rings is 2. The van der Waals surface area contributed by atoms with Crippen molar-refractivity contribution >= 4 is 23.0 Å². The first kappa shape index (κ1) is 22.9. The summed E-state index contributed by atoms with van der Waals surface area (Å²) in [5, 5.41) is 3.15. The Morgan fingerprint density at radius 1 is 1.00 bits per heavy atom. The maximum Gasteiger partial charge on any atom is 0.298 e. The number of nitrogens with zero attached hydrogens (tertiary/aromatic N) is 3. The third-order valence-corrected chi connectivity index (χ3v) is 7.26. The molecule has 1 aromatic heterocycles. The lowest BCUT2D eigenvalue weighted by Gasteiger charge is -2.35. The number of rotatable bonds is 6. The van der Waals surface area contributed by atoms with Crippen molar-refractivity contribution in [3.8, 4) is 0 Å². The van der Waals surface area contributed by atoms with Crippen LogP contribution in [0.5, 0.6) is 0 Å². The third-order valence-electron chi connectivity index (χ3n) is 7.26. The van der Waals surface area contributed by atoms with Crippen LogP contribution < -0.4 is 10.2 Å². The molecule has 2 fully saturated rings. The molecule has 2 aliphatic heterocycles. The molecule has 5 rings (SSSR count). The van der Waals surface area contributed by atoms with Crippen molar-refractivity contribution in [1.29, 1.82) is 0 Å². The Morgan fingerprint density at radius 3 is 2.38 bits per heavy atom. The van der Waals surface area contributed by atoms with Crippen LogP contribution in [0.15, 0.2) is 52.9 Å². The zero-order chi connectivity index (χ0) is 23.5. The SMILES string of the molecule is CC1CC(C)CN(Cc2ccc(CNC(=O)C3CCN(c4nc5ccccc5o4)CC3)cc2)C1. The second-order valence-corrected chi connectivity index (χ2v) is 10.4. The maximum atomic E-state index is 12.8. The van der Waals surface area contributed by atoms with Gasteiger partial charge in [0.05, 0.1) is 0 Å². The number of carbonyl (C=O) groups excluding carboxylic acids is 1. The van der Waals surface area contributed by atoms with Crippen molar-refractivity contribution in [2.75, 3.05) is 31.1 Å². The maximum absolute atomic E-state index is 12.8. The predicted molar refractivity (Wildman–Crippen MR) is 135 cm³/mol. The van der Waals surface area contributed by atoms with E-state index in [1.54, 1.807) is 0 Å². The van der Waals surface area contributed by atoms with Gasteiger partial charge in [0.1, 0.15) is 5.52 Å². The number of anilines is 1. The van der Waals surface area contributed by atoms with E-state index in [0.29, 0.717) is 12.6 Å². The van der Waals surface area contributed by atoms with Gasteiger partial charge in [0.15, 0.2) is 5.58 Å². The van der Waals surface area contributed by atoms with E-state index in [4.69, 9.17) is 4.42 Å². The fraction of sp³-hybridized carbons (Fsp3) is 0.500. The van der Waals surface area contributed by atoms with Crippen molar-refractivity contribution in [1.82, 2.24) is 15.2 Å². The zero-order valence-corrected chi connectivity index (χ0v) is 20.4. The van der Waals surface area contributed by atoms with E-state index in [1.807, 2.05) is 24.3 Å². The molecule has 2 saturated heterocycles. The zero-order valence-electron chi connectivity index (χ0n) is 20.4. The van der Waals surface area contributed by atoms with Crippen LogP contribution in [0.2, 0.25) is 0 Å². The van der Waals surface area contributed by atoms with Crippen molar-refractivity contribution in [2.24, 2.45) is 17.8 Å². The lowest BCUT2D eigenvalue weighted by atomic mass is 9.91. The summed E-state index contributed by atoms with van der Waals surface area (Å²) in [7, 11) is 0. The second-order valence-electron chi connectivity index (χ2n) is 10.4. The summed E-state index contributed by atoms with van der Waals surface area (Å²) in [5.41, 5.74) is 4.19. The van der Waals surface area contributed by atoms with Gasteiger partial charge in [-0.25, -0.2) is 0 Å². The summed E-state index contributed by atoms with van der Waals surface area (Å²) in [5.74, 6) is 1.75. The number of carbonyl (C=O) groups is 1. The Labute approximate surface area is 202 Å². The van der Waals surface area contributed by atoms with Gasteiger partial charge in [-0.1, -0.05) is 50.2 Å². The van der Waals surface area contributed by atoms with E-state index < -0.39 is 0 Å². The molecule has 6 heteroatoms. The summed E-state index contributed by atoms with van der Waals surface area (Å²) in [6.07, 6.45) is 2.97. The number of aromatic nitrogens is 1. The molecule has 34 heavy (non-hydrogen) atoms. The minimum absolute atomic E-state index is 0.0444. The minimum Gasteiger partial charge on any atom is -0.423 e. The summed E-state index contributed by atoms with van der Waals surface area (Å²) >= 11 is 0. The smallest absolute Gasteiger partial charge is 0.298 e. The Hall–Kier alpha value is -2.86. The van der Waals surface area contributed by atoms with E-state index in [1.165, 1.54) is 25.1 Å². The molecule has 3 aromatic rings. The Balaban J connectivity index is 1.07. The average molecular weight is 461 g/mol. The monoisotopic (exact) mass is 460 g/mol. The number of likely N-dealkylation sites (tertiary alicyclic amines) is 1. The van der Waals surface area contributed by atoms with Crippen LogP contribution >= 0.6 is 0 Å².